The minimum absolute atomic E-state index is 0.948. The molecule has 0 saturated heterocycles. The number of rotatable bonds is 3. The molecule has 0 aromatic heterocycles. The van der Waals surface area contributed by atoms with Crippen molar-refractivity contribution in [2.24, 2.45) is 0 Å². The van der Waals surface area contributed by atoms with Crippen molar-refractivity contribution in [2.75, 3.05) is 28.2 Å². The van der Waals surface area contributed by atoms with Gasteiger partial charge in [0.25, 0.3) is 0 Å². The summed E-state index contributed by atoms with van der Waals surface area (Å²) in [6.45, 7) is 1.02. The molecule has 2 nitrogen and oxygen atoms in total. The Labute approximate surface area is 176 Å². The van der Waals surface area contributed by atoms with E-state index in [0.29, 0.717) is 0 Å². The minimum atomic E-state index is 0.948. The molecule has 0 radical (unpaired) electrons. The van der Waals surface area contributed by atoms with Gasteiger partial charge in [-0.25, -0.2) is 0 Å². The van der Waals surface area contributed by atoms with Crippen LogP contribution in [0.25, 0.3) is 0 Å². The highest BCUT2D eigenvalue weighted by molar-refractivity contribution is 14.1. The molecule has 128 valence electrons. The molecule has 2 rings (SSSR count). The van der Waals surface area contributed by atoms with Crippen LogP contribution in [0.2, 0.25) is 0 Å². The zero-order chi connectivity index (χ0) is 17.7. The van der Waals surface area contributed by atoms with Gasteiger partial charge in [0, 0.05) is 19.0 Å². The first-order valence-corrected chi connectivity index (χ1v) is 10.5. The third kappa shape index (κ3) is 13.3. The molecule has 0 amide bonds. The van der Waals surface area contributed by atoms with Crippen LogP contribution < -0.4 is 5.32 Å². The molecule has 0 spiro atoms. The number of nitrogens with zero attached hydrogens (tertiary/aromatic N) is 1. The maximum Gasteiger partial charge on any atom is 0.0283 e. The summed E-state index contributed by atoms with van der Waals surface area (Å²) in [5.74, 6) is 0. The number of benzene rings is 2. The summed E-state index contributed by atoms with van der Waals surface area (Å²) >= 11 is 7.99. The van der Waals surface area contributed by atoms with Crippen LogP contribution in [-0.4, -0.2) is 33.1 Å². The molecule has 0 aliphatic carbocycles. The van der Waals surface area contributed by atoms with E-state index in [1.54, 1.807) is 0 Å². The van der Waals surface area contributed by atoms with Crippen molar-refractivity contribution < 1.29 is 0 Å². The number of nitrogens with one attached hydrogen (secondary N) is 1. The number of hydrogen-bond acceptors (Lipinski definition) is 2. The second-order valence-electron chi connectivity index (χ2n) is 5.12. The lowest BCUT2D eigenvalue weighted by molar-refractivity contribution is 0.402. The van der Waals surface area contributed by atoms with Crippen molar-refractivity contribution in [1.29, 1.82) is 0 Å². The predicted octanol–water partition coefficient (Wildman–Crippen LogP) is 5.37. The molecule has 2 aromatic rings. The van der Waals surface area contributed by atoms with Crippen LogP contribution in [0.4, 0.5) is 0 Å². The van der Waals surface area contributed by atoms with Gasteiger partial charge < -0.3 is 10.2 Å². The summed E-state index contributed by atoms with van der Waals surface area (Å²) in [7, 11) is 7.91. The van der Waals surface area contributed by atoms with Gasteiger partial charge in [0.1, 0.15) is 0 Å². The molecule has 1 N–H and O–H groups in total. The van der Waals surface area contributed by atoms with E-state index in [4.69, 9.17) is 0 Å². The van der Waals surface area contributed by atoms with Gasteiger partial charge in [0.2, 0.25) is 0 Å². The molecule has 0 bridgehead atoms. The normalized spacial score (nSPS) is 9.57. The van der Waals surface area contributed by atoms with Gasteiger partial charge in [-0.1, -0.05) is 40.2 Å². The highest BCUT2D eigenvalue weighted by atomic mass is 127. The Morgan fingerprint density at radius 2 is 1.17 bits per heavy atom. The molecular formula is C18H25BrI2N2. The minimum Gasteiger partial charge on any atom is -0.323 e. The van der Waals surface area contributed by atoms with E-state index in [0.717, 1.165) is 11.9 Å². The fourth-order valence-electron chi connectivity index (χ4n) is 1.53. The van der Waals surface area contributed by atoms with E-state index >= 15 is 0 Å². The van der Waals surface area contributed by atoms with E-state index in [1.807, 2.05) is 14.1 Å². The number of alkyl halides is 1. The van der Waals surface area contributed by atoms with Gasteiger partial charge in [-0.2, -0.15) is 0 Å². The zero-order valence-corrected chi connectivity index (χ0v) is 20.0. The molecular weight excluding hydrogens is 578 g/mol. The van der Waals surface area contributed by atoms with Crippen molar-refractivity contribution in [2.45, 2.75) is 11.9 Å². The summed E-state index contributed by atoms with van der Waals surface area (Å²) in [4.78, 5) is 2.17. The van der Waals surface area contributed by atoms with Crippen LogP contribution in [0.5, 0.6) is 0 Å². The summed E-state index contributed by atoms with van der Waals surface area (Å²) in [6, 6.07) is 17.1. The average Bonchev–Trinajstić information content (AvgIpc) is 2.51. The fraction of sp³-hybridized carbons (Fsp3) is 0.333. The lowest BCUT2D eigenvalue weighted by Gasteiger charge is -2.08. The Balaban J connectivity index is 0.000000365. The standard InChI is InChI=1S/C9H12IN.C7H6BrI.C2H7N/c1-11(2)7-8-3-5-9(10)6-4-8;8-5-6-1-3-7(9)4-2-6;1-3-2/h3-6H,7H2,1-2H3;1-4H,5H2;3H,1-2H3. The quantitative estimate of drug-likeness (QED) is 0.375. The number of halogens is 3. The molecule has 23 heavy (non-hydrogen) atoms. The lowest BCUT2D eigenvalue weighted by Crippen LogP contribution is -2.10. The van der Waals surface area contributed by atoms with Crippen LogP contribution in [0.15, 0.2) is 48.5 Å². The zero-order valence-electron chi connectivity index (χ0n) is 14.1. The maximum atomic E-state index is 3.38. The monoisotopic (exact) mass is 602 g/mol. The third-order valence-corrected chi connectivity index (χ3v) is 4.57. The van der Waals surface area contributed by atoms with Gasteiger partial charge in [0.15, 0.2) is 0 Å². The van der Waals surface area contributed by atoms with E-state index < -0.39 is 0 Å². The number of hydrogen-bond donors (Lipinski definition) is 1. The molecule has 0 heterocycles. The van der Waals surface area contributed by atoms with E-state index in [9.17, 15) is 0 Å². The second-order valence-corrected chi connectivity index (χ2v) is 8.18. The molecule has 0 aliphatic rings. The van der Waals surface area contributed by atoms with Crippen LogP contribution in [-0.2, 0) is 11.9 Å². The Morgan fingerprint density at radius 3 is 1.48 bits per heavy atom. The highest BCUT2D eigenvalue weighted by Gasteiger charge is 1.93. The molecule has 5 heteroatoms. The largest absolute Gasteiger partial charge is 0.323 e. The topological polar surface area (TPSA) is 15.3 Å². The van der Waals surface area contributed by atoms with Gasteiger partial charge in [-0.3, -0.25) is 0 Å². The average molecular weight is 603 g/mol. The summed E-state index contributed by atoms with van der Waals surface area (Å²) < 4.78 is 2.59. The van der Waals surface area contributed by atoms with Crippen LogP contribution in [0, 0.1) is 7.14 Å². The van der Waals surface area contributed by atoms with Gasteiger partial charge >= 0.3 is 0 Å². The Kier molecular flexibility index (Phi) is 14.8. The Morgan fingerprint density at radius 1 is 0.826 bits per heavy atom. The molecule has 0 atom stereocenters. The Bertz CT molecular complexity index is 514. The summed E-state index contributed by atoms with van der Waals surface area (Å²) in [5.41, 5.74) is 2.70. The van der Waals surface area contributed by atoms with Crippen molar-refractivity contribution in [3.05, 3.63) is 66.8 Å². The van der Waals surface area contributed by atoms with Gasteiger partial charge in [-0.15, -0.1) is 0 Å². The lowest BCUT2D eigenvalue weighted by atomic mass is 10.2. The first-order valence-electron chi connectivity index (χ1n) is 7.21. The molecule has 0 aliphatic heterocycles. The van der Waals surface area contributed by atoms with Crippen molar-refractivity contribution >= 4 is 61.1 Å². The van der Waals surface area contributed by atoms with Crippen LogP contribution in [0.3, 0.4) is 0 Å². The van der Waals surface area contributed by atoms with Gasteiger partial charge in [0.05, 0.1) is 0 Å². The molecule has 0 unspecified atom stereocenters. The SMILES string of the molecule is BrCc1ccc(I)cc1.CN(C)Cc1ccc(I)cc1.CNC. The van der Waals surface area contributed by atoms with Crippen molar-refractivity contribution in [3.8, 4) is 0 Å². The fourth-order valence-corrected chi connectivity index (χ4v) is 2.62. The summed E-state index contributed by atoms with van der Waals surface area (Å²) in [6.07, 6.45) is 0. The summed E-state index contributed by atoms with van der Waals surface area (Å²) in [5, 5.41) is 3.70. The van der Waals surface area contributed by atoms with Crippen LogP contribution >= 0.6 is 61.1 Å². The highest BCUT2D eigenvalue weighted by Crippen LogP contribution is 2.09. The van der Waals surface area contributed by atoms with E-state index in [-0.39, 0.29) is 0 Å². The first kappa shape index (κ1) is 23.3. The van der Waals surface area contributed by atoms with Crippen molar-refractivity contribution in [1.82, 2.24) is 10.2 Å². The van der Waals surface area contributed by atoms with Crippen LogP contribution in [0.1, 0.15) is 11.1 Å². The predicted molar refractivity (Wildman–Crippen MR) is 123 cm³/mol. The van der Waals surface area contributed by atoms with E-state index in [2.05, 4.69) is 134 Å². The second kappa shape index (κ2) is 14.6. The maximum absolute atomic E-state index is 3.38. The van der Waals surface area contributed by atoms with Crippen molar-refractivity contribution in [3.63, 3.8) is 0 Å². The molecule has 2 aromatic carbocycles. The third-order valence-electron chi connectivity index (χ3n) is 2.48. The molecule has 0 fully saturated rings. The van der Waals surface area contributed by atoms with Gasteiger partial charge in [-0.05, 0) is 109 Å². The first-order chi connectivity index (χ1) is 10.9. The molecule has 0 saturated carbocycles. The Hall–Kier alpha value is 0.300. The smallest absolute Gasteiger partial charge is 0.0283 e. The van der Waals surface area contributed by atoms with E-state index in [1.165, 1.54) is 18.3 Å².